The van der Waals surface area contributed by atoms with Gasteiger partial charge in [-0.05, 0) is 0 Å². The van der Waals surface area contributed by atoms with E-state index in [2.05, 4.69) is 0 Å². The van der Waals surface area contributed by atoms with E-state index in [0.29, 0.717) is 71.3 Å². The molecular formula is Ca3N2. The van der Waals surface area contributed by atoms with E-state index in [0.717, 1.165) is 0 Å². The third-order valence-electron chi connectivity index (χ3n) is 0. The van der Waals surface area contributed by atoms with Crippen molar-refractivity contribution in [2.24, 2.45) is 0 Å². The van der Waals surface area contributed by atoms with Crippen LogP contribution in [0.5, 0.6) is 0 Å². The molecule has 0 bridgehead atoms. The van der Waals surface area contributed by atoms with Gasteiger partial charge in [0.25, 0.3) is 0 Å². The maximum atomic E-state index is 7.12. The molecule has 0 unspecified atom stereocenters. The fourth-order valence-electron chi connectivity index (χ4n) is 0. The van der Waals surface area contributed by atoms with Crippen molar-refractivity contribution in [3.05, 3.63) is 3.64 Å². The molecule has 0 spiro atoms. The first kappa shape index (κ1) is 15.8. The van der Waals surface area contributed by atoms with Crippen LogP contribution in [-0.4, -0.2) is 109 Å². The van der Waals surface area contributed by atoms with E-state index in [-0.39, 0.29) is 37.7 Å². The predicted molar refractivity (Wildman–Crippen MR) is 24.0 cm³/mol. The zero-order valence-corrected chi connectivity index (χ0v) is 9.64. The van der Waals surface area contributed by atoms with Crippen molar-refractivity contribution in [2.75, 3.05) is 0 Å². The van der Waals surface area contributed by atoms with E-state index >= 15 is 0 Å². The molecule has 5 heteroatoms. The van der Waals surface area contributed by atoms with Gasteiger partial charge in [-0.1, -0.05) is 0 Å². The average molecular weight is 148 g/mol. The molecule has 0 aromatic rings. The van der Waals surface area contributed by atoms with Crippen molar-refractivity contribution >= 4 is 109 Å². The van der Waals surface area contributed by atoms with Gasteiger partial charge in [-0.3, -0.25) is 0 Å². The Kier molecular flexibility index (Phi) is 82.9. The van der Waals surface area contributed by atoms with Crippen LogP contribution in [0.1, 0.15) is 0 Å². The molecule has 5 heavy (non-hydrogen) atoms. The first-order chi connectivity index (χ1) is 2.00. The Morgan fingerprint density at radius 1 is 0.800 bits per heavy atom. The Bertz CT molecular complexity index is 6.85. The molecule has 0 aromatic heterocycles. The third kappa shape index (κ3) is 18.7. The maximum absolute atomic E-state index is 7.12. The van der Waals surface area contributed by atoms with Crippen molar-refractivity contribution < 1.29 is 0 Å². The monoisotopic (exact) mass is 148 g/mol. The Morgan fingerprint density at radius 2 is 0.800 bits per heavy atom. The van der Waals surface area contributed by atoms with Crippen LogP contribution in [-0.2, 0) is 0 Å². The van der Waals surface area contributed by atoms with E-state index in [1.165, 1.54) is 0 Å². The Hall–Kier alpha value is 3.38. The second-order valence-corrected chi connectivity index (χ2v) is 0. The first-order valence-corrected chi connectivity index (χ1v) is 2.61. The van der Waals surface area contributed by atoms with Crippen LogP contribution in [0.15, 0.2) is 0 Å². The minimum absolute atomic E-state index is 0. The van der Waals surface area contributed by atoms with Gasteiger partial charge in [0.1, 0.15) is 0 Å². The van der Waals surface area contributed by atoms with Crippen LogP contribution in [0.4, 0.5) is 0 Å². The molecule has 0 atom stereocenters. The molecule has 0 aliphatic heterocycles. The Labute approximate surface area is 109 Å². The summed E-state index contributed by atoms with van der Waals surface area (Å²) in [5, 5.41) is 0. The van der Waals surface area contributed by atoms with Gasteiger partial charge >= 0.3 is 113 Å². The normalized spacial score (nSPS) is 2.40. The number of hydrogen-bond acceptors (Lipinski definition) is 0. The van der Waals surface area contributed by atoms with Gasteiger partial charge in [0.2, 0.25) is 0 Å². The van der Waals surface area contributed by atoms with Crippen LogP contribution in [0.2, 0.25) is 0 Å². The summed E-state index contributed by atoms with van der Waals surface area (Å²) in [6.45, 7) is 0. The summed E-state index contributed by atoms with van der Waals surface area (Å²) in [5.74, 6) is 0. The van der Waals surface area contributed by atoms with Crippen molar-refractivity contribution in [1.29, 1.82) is 0 Å². The molecular weight excluding hydrogens is 148 g/mol. The zero-order valence-electron chi connectivity index (χ0n) is 3.02. The summed E-state index contributed by atoms with van der Waals surface area (Å²) in [7, 11) is 0. The SMILES string of the molecule is [Ca+2].[N-]=[Ca].[N-]=[Ca]. The minimum atomic E-state index is 0. The Balaban J connectivity index is -0.0000000133. The van der Waals surface area contributed by atoms with Crippen molar-refractivity contribution in [3.63, 3.8) is 0 Å². The van der Waals surface area contributed by atoms with E-state index in [1.807, 2.05) is 0 Å². The fourth-order valence-corrected chi connectivity index (χ4v) is 0. The molecule has 2 nitrogen and oxygen atoms in total. The van der Waals surface area contributed by atoms with Crippen LogP contribution >= 0.6 is 0 Å². The Morgan fingerprint density at radius 3 is 0.800 bits per heavy atom. The van der Waals surface area contributed by atoms with Gasteiger partial charge in [-0.2, -0.15) is 0 Å². The molecule has 0 radical (unpaired) electrons. The van der Waals surface area contributed by atoms with Crippen LogP contribution in [0.25, 0.3) is 3.64 Å². The third-order valence-corrected chi connectivity index (χ3v) is 0. The molecule has 0 aliphatic rings. The summed E-state index contributed by atoms with van der Waals surface area (Å²) in [6, 6.07) is 0. The second kappa shape index (κ2) is 26.3. The van der Waals surface area contributed by atoms with Crippen LogP contribution in [0.3, 0.4) is 0 Å². The quantitative estimate of drug-likeness (QED) is 0.413. The molecule has 16 valence electrons. The van der Waals surface area contributed by atoms with Gasteiger partial charge in [0.15, 0.2) is 0 Å². The van der Waals surface area contributed by atoms with Gasteiger partial charge in [0, 0.05) is 0 Å². The fraction of sp³-hybridized carbons (Fsp3) is 0. The zero-order chi connectivity index (χ0) is 4.00. The van der Waals surface area contributed by atoms with Gasteiger partial charge in [-0.15, -0.1) is 0 Å². The molecule has 0 saturated heterocycles. The number of nitrogens with zero attached hydrogens (tertiary/aromatic N) is 2. The molecule has 0 fully saturated rings. The molecule has 0 saturated carbocycles. The van der Waals surface area contributed by atoms with E-state index in [1.54, 1.807) is 0 Å². The summed E-state index contributed by atoms with van der Waals surface area (Å²) in [5.41, 5.74) is 0. The predicted octanol–water partition coefficient (Wildman–Crippen LogP) is -0.565. The molecule has 0 N–H and O–H groups in total. The molecule has 0 rings (SSSR count). The topological polar surface area (TPSA) is 44.6 Å². The summed E-state index contributed by atoms with van der Waals surface area (Å²) in [4.78, 5) is 0. The average Bonchev–Trinajstić information content (AvgIpc) is 1.50. The summed E-state index contributed by atoms with van der Waals surface area (Å²) in [6.07, 6.45) is 0. The van der Waals surface area contributed by atoms with Crippen molar-refractivity contribution in [3.8, 4) is 0 Å². The summed E-state index contributed by atoms with van der Waals surface area (Å²) >= 11 is 0.750. The van der Waals surface area contributed by atoms with E-state index in [4.69, 9.17) is 3.64 Å². The van der Waals surface area contributed by atoms with Crippen molar-refractivity contribution in [1.82, 2.24) is 0 Å². The molecule has 0 amide bonds. The van der Waals surface area contributed by atoms with Crippen LogP contribution < -0.4 is 0 Å². The van der Waals surface area contributed by atoms with Gasteiger partial charge in [-0.25, -0.2) is 0 Å². The number of hydrogen-bond donors (Lipinski definition) is 0. The van der Waals surface area contributed by atoms with E-state index < -0.39 is 0 Å². The molecule has 0 aromatic carbocycles. The van der Waals surface area contributed by atoms with Gasteiger partial charge < -0.3 is 0 Å². The second-order valence-electron chi connectivity index (χ2n) is 0. The first-order valence-electron chi connectivity index (χ1n) is 0.632. The van der Waals surface area contributed by atoms with E-state index in [9.17, 15) is 0 Å². The summed E-state index contributed by atoms with van der Waals surface area (Å²) < 4.78 is 14.2. The van der Waals surface area contributed by atoms with Crippen molar-refractivity contribution in [2.45, 2.75) is 0 Å². The van der Waals surface area contributed by atoms with Gasteiger partial charge in [0.05, 0.1) is 0 Å². The number of rotatable bonds is 0. The van der Waals surface area contributed by atoms with Crippen LogP contribution in [0, 0.1) is 0 Å². The molecule has 0 aliphatic carbocycles. The molecule has 0 heterocycles. The standard InChI is InChI=1S/3Ca.2N/q;;+2;2*-1.